The predicted octanol–water partition coefficient (Wildman–Crippen LogP) is 6.32. The van der Waals surface area contributed by atoms with E-state index in [-0.39, 0.29) is 17.4 Å². The Morgan fingerprint density at radius 3 is 1.14 bits per heavy atom. The summed E-state index contributed by atoms with van der Waals surface area (Å²) in [5.41, 5.74) is 0. The third-order valence-electron chi connectivity index (χ3n) is 5.87. The van der Waals surface area contributed by atoms with Gasteiger partial charge in [-0.2, -0.15) is 6.07 Å². The van der Waals surface area contributed by atoms with Crippen LogP contribution in [0, 0.1) is 0 Å². The van der Waals surface area contributed by atoms with Gasteiger partial charge in [-0.3, -0.25) is 0 Å². The van der Waals surface area contributed by atoms with Crippen molar-refractivity contribution in [3.8, 4) is 0 Å². The normalized spacial score (nSPS) is 10.4. The second kappa shape index (κ2) is 14.1. The summed E-state index contributed by atoms with van der Waals surface area (Å²) in [5, 5.41) is 8.51. The summed E-state index contributed by atoms with van der Waals surface area (Å²) in [7, 11) is -1.25. The Balaban J connectivity index is 0.000000479. The van der Waals surface area contributed by atoms with Crippen LogP contribution in [0.2, 0.25) is 0 Å². The van der Waals surface area contributed by atoms with Gasteiger partial charge in [-0.1, -0.05) is 129 Å². The number of rotatable bonds is 6. The molecule has 0 saturated carbocycles. The Morgan fingerprint density at radius 1 is 0.405 bits per heavy atom. The van der Waals surface area contributed by atoms with E-state index in [9.17, 15) is 0 Å². The first-order chi connectivity index (χ1) is 17.9. The van der Waals surface area contributed by atoms with E-state index in [1.165, 1.54) is 31.8 Å². The van der Waals surface area contributed by atoms with Crippen LogP contribution in [0.25, 0.3) is 0 Å². The molecule has 37 heavy (non-hydrogen) atoms. The maximum atomic E-state index is 2.35. The van der Waals surface area contributed by atoms with Crippen LogP contribution in [0.3, 0.4) is 0 Å². The van der Waals surface area contributed by atoms with Gasteiger partial charge in [0.15, 0.2) is 0 Å². The van der Waals surface area contributed by atoms with Gasteiger partial charge in [0.2, 0.25) is 0 Å². The molecule has 186 valence electrons. The van der Waals surface area contributed by atoms with Gasteiger partial charge in [0.1, 0.15) is 0 Å². The molecule has 0 atom stereocenters. The molecule has 0 spiro atoms. The largest absolute Gasteiger partial charge is 0.748 e. The molecule has 0 aliphatic carbocycles. The Labute approximate surface area is 234 Å². The average Bonchev–Trinajstić information content (AvgIpc) is 3.68. The van der Waals surface area contributed by atoms with Crippen molar-refractivity contribution in [3.05, 3.63) is 170 Å². The monoisotopic (exact) mass is 550 g/mol. The number of hydrogen-bond acceptors (Lipinski definition) is 0. The molecule has 0 N–H and O–H groups in total. The summed E-state index contributed by atoms with van der Waals surface area (Å²) < 4.78 is 0. The van der Waals surface area contributed by atoms with E-state index in [1.54, 1.807) is 0 Å². The Kier molecular flexibility index (Phi) is 10.3. The van der Waals surface area contributed by atoms with Crippen LogP contribution in [0.5, 0.6) is 0 Å². The molecule has 6 aromatic rings. The Morgan fingerprint density at radius 2 is 0.757 bits per heavy atom. The van der Waals surface area contributed by atoms with E-state index < -0.39 is 15.8 Å². The zero-order valence-corrected chi connectivity index (χ0v) is 23.5. The fraction of sp³-hybridized carbons (Fsp3) is 0. The Bertz CT molecular complexity index is 1220. The minimum Gasteiger partial charge on any atom is -0.748 e. The third kappa shape index (κ3) is 6.85. The van der Waals surface area contributed by atoms with Crippen LogP contribution in [-0.2, 0) is 17.4 Å². The molecule has 0 bridgehead atoms. The standard InChI is InChI=1S/C29H23P2.C5H5.Cr/c1-5-14-24(15-6-1)30(25-16-7-2-8-17-25)28-22-13-23-29(28)31(26-18-9-3-10-19-26)27-20-11-4-12-21-27;1-2-4-5-3-1;/h1-23H;1-5H;/q-1;-5;. The molecule has 0 nitrogen and oxygen atoms in total. The van der Waals surface area contributed by atoms with Crippen LogP contribution in [-0.4, -0.2) is 0 Å². The van der Waals surface area contributed by atoms with Crippen molar-refractivity contribution in [1.82, 2.24) is 0 Å². The Hall–Kier alpha value is -3.03. The molecule has 0 unspecified atom stereocenters. The van der Waals surface area contributed by atoms with E-state index in [2.05, 4.69) is 140 Å². The summed E-state index contributed by atoms with van der Waals surface area (Å²) >= 11 is 0. The first-order valence-electron chi connectivity index (χ1n) is 12.1. The van der Waals surface area contributed by atoms with Crippen LogP contribution in [0.15, 0.2) is 170 Å². The van der Waals surface area contributed by atoms with Crippen LogP contribution >= 0.6 is 15.8 Å². The molecular formula is C34H28CrP2-6. The second-order valence-corrected chi connectivity index (χ2v) is 12.6. The maximum Gasteiger partial charge on any atom is 0 e. The molecule has 6 rings (SSSR count). The molecule has 0 amide bonds. The number of hydrogen-bond donors (Lipinski definition) is 0. The molecule has 0 saturated heterocycles. The summed E-state index contributed by atoms with van der Waals surface area (Å²) in [6.07, 6.45) is 0. The van der Waals surface area contributed by atoms with Gasteiger partial charge in [-0.25, -0.2) is 12.1 Å². The van der Waals surface area contributed by atoms with Crippen molar-refractivity contribution >= 4 is 47.7 Å². The van der Waals surface area contributed by atoms with Crippen molar-refractivity contribution < 1.29 is 17.4 Å². The second-order valence-electron chi connectivity index (χ2n) is 8.27. The van der Waals surface area contributed by atoms with Crippen molar-refractivity contribution in [3.63, 3.8) is 0 Å². The molecule has 0 radical (unpaired) electrons. The molecular weight excluding hydrogens is 522 g/mol. The topological polar surface area (TPSA) is 0 Å². The fourth-order valence-electron chi connectivity index (χ4n) is 4.26. The summed E-state index contributed by atoms with van der Waals surface area (Å²) in [4.78, 5) is 0. The van der Waals surface area contributed by atoms with Gasteiger partial charge in [0, 0.05) is 17.4 Å². The smallest absolute Gasteiger partial charge is 0 e. The van der Waals surface area contributed by atoms with Crippen molar-refractivity contribution in [2.75, 3.05) is 0 Å². The molecule has 0 aromatic heterocycles. The van der Waals surface area contributed by atoms with E-state index in [0.717, 1.165) is 0 Å². The van der Waals surface area contributed by atoms with Crippen molar-refractivity contribution in [2.24, 2.45) is 0 Å². The summed E-state index contributed by atoms with van der Waals surface area (Å²) in [6, 6.07) is 60.9. The van der Waals surface area contributed by atoms with Crippen LogP contribution in [0.1, 0.15) is 0 Å². The van der Waals surface area contributed by atoms with E-state index in [0.29, 0.717) is 0 Å². The van der Waals surface area contributed by atoms with E-state index in [1.807, 2.05) is 30.3 Å². The number of benzene rings is 4. The quantitative estimate of drug-likeness (QED) is 0.168. The van der Waals surface area contributed by atoms with Gasteiger partial charge in [-0.15, -0.1) is 10.6 Å². The minimum atomic E-state index is -0.627. The summed E-state index contributed by atoms with van der Waals surface area (Å²) in [5.74, 6) is 0. The van der Waals surface area contributed by atoms with Gasteiger partial charge in [0.05, 0.1) is 0 Å². The third-order valence-corrected chi connectivity index (χ3v) is 11.0. The van der Waals surface area contributed by atoms with E-state index >= 15 is 0 Å². The fourth-order valence-corrected chi connectivity index (χ4v) is 9.53. The van der Waals surface area contributed by atoms with Gasteiger partial charge in [-0.05, 0) is 29.1 Å². The van der Waals surface area contributed by atoms with E-state index in [4.69, 9.17) is 0 Å². The van der Waals surface area contributed by atoms with Crippen molar-refractivity contribution in [2.45, 2.75) is 0 Å². The molecule has 6 aromatic carbocycles. The molecule has 0 aliphatic heterocycles. The molecule has 0 aliphatic rings. The van der Waals surface area contributed by atoms with Crippen molar-refractivity contribution in [1.29, 1.82) is 0 Å². The average molecular weight is 551 g/mol. The SMILES string of the molecule is [Cr].[cH-]1[cH-][cH-][cH-][cH-]1.c1ccc(P(c2ccccc2)c2ccc[c-]2P(c2ccccc2)c2ccccc2)cc1. The van der Waals surface area contributed by atoms with Gasteiger partial charge in [0.25, 0.3) is 0 Å². The first-order valence-corrected chi connectivity index (χ1v) is 14.8. The summed E-state index contributed by atoms with van der Waals surface area (Å²) in [6.45, 7) is 0. The van der Waals surface area contributed by atoms with Gasteiger partial charge >= 0.3 is 0 Å². The first kappa shape index (κ1) is 27.0. The minimum absolute atomic E-state index is 0. The predicted molar refractivity (Wildman–Crippen MR) is 161 cm³/mol. The molecule has 3 heteroatoms. The zero-order chi connectivity index (χ0) is 24.4. The van der Waals surface area contributed by atoms with Crippen LogP contribution < -0.4 is 31.8 Å². The van der Waals surface area contributed by atoms with Crippen LogP contribution in [0.4, 0.5) is 0 Å². The van der Waals surface area contributed by atoms with Gasteiger partial charge < -0.3 is 30.3 Å². The molecule has 0 fully saturated rings. The maximum absolute atomic E-state index is 2.35. The molecule has 0 heterocycles. The zero-order valence-electron chi connectivity index (χ0n) is 20.5.